The lowest BCUT2D eigenvalue weighted by atomic mass is 10.1. The zero-order valence-electron chi connectivity index (χ0n) is 10.3. The van der Waals surface area contributed by atoms with Crippen LogP contribution in [0.15, 0.2) is 30.8 Å². The lowest BCUT2D eigenvalue weighted by molar-refractivity contribution is -0.0526. The third-order valence-corrected chi connectivity index (χ3v) is 3.39. The van der Waals surface area contributed by atoms with Crippen LogP contribution in [0.1, 0.15) is 11.1 Å². The minimum atomic E-state index is -0.260. The molecule has 0 bridgehead atoms. The highest BCUT2D eigenvalue weighted by Crippen LogP contribution is 2.10. The van der Waals surface area contributed by atoms with Crippen LogP contribution in [0.3, 0.4) is 0 Å². The van der Waals surface area contributed by atoms with Crippen LogP contribution >= 0.6 is 0 Å². The van der Waals surface area contributed by atoms with E-state index in [2.05, 4.69) is 18.7 Å². The van der Waals surface area contributed by atoms with Gasteiger partial charge in [-0.05, 0) is 17.5 Å². The number of methoxy groups -OCH3 is 2. The van der Waals surface area contributed by atoms with Gasteiger partial charge in [-0.2, -0.15) is 0 Å². The van der Waals surface area contributed by atoms with Crippen molar-refractivity contribution in [1.82, 2.24) is 0 Å². The highest BCUT2D eigenvalue weighted by Gasteiger charge is 2.08. The first-order valence-electron chi connectivity index (χ1n) is 5.45. The van der Waals surface area contributed by atoms with E-state index in [1.54, 1.807) is 14.2 Å². The molecule has 0 heterocycles. The van der Waals surface area contributed by atoms with E-state index in [4.69, 9.17) is 13.9 Å². The lowest BCUT2D eigenvalue weighted by Gasteiger charge is -2.12. The number of ether oxygens (including phenoxy) is 2. The first-order valence-corrected chi connectivity index (χ1v) is 6.43. The number of hydrogen-bond acceptors (Lipinski definition) is 3. The maximum absolute atomic E-state index is 5.52. The molecule has 0 saturated carbocycles. The average Bonchev–Trinajstić information content (AvgIpc) is 2.39. The van der Waals surface area contributed by atoms with Crippen molar-refractivity contribution in [2.75, 3.05) is 20.8 Å². The Balaban J connectivity index is 2.33. The van der Waals surface area contributed by atoms with Crippen molar-refractivity contribution in [3.8, 4) is 0 Å². The normalized spacial score (nSPS) is 10.8. The van der Waals surface area contributed by atoms with Gasteiger partial charge in [0, 0.05) is 20.8 Å². The van der Waals surface area contributed by atoms with Gasteiger partial charge in [0.2, 0.25) is 0 Å². The maximum atomic E-state index is 5.52. The van der Waals surface area contributed by atoms with E-state index in [1.807, 2.05) is 18.2 Å². The third kappa shape index (κ3) is 4.83. The second kappa shape index (κ2) is 8.19. The first kappa shape index (κ1) is 14.1. The molecular weight excluding hydrogens is 232 g/mol. The summed E-state index contributed by atoms with van der Waals surface area (Å²) in [5, 5.41) is 0. The summed E-state index contributed by atoms with van der Waals surface area (Å²) in [4.78, 5) is 0. The van der Waals surface area contributed by atoms with Crippen LogP contribution in [0.25, 0.3) is 6.08 Å². The van der Waals surface area contributed by atoms with Crippen LogP contribution < -0.4 is 0 Å². The highest BCUT2D eigenvalue weighted by atomic mass is 28.2. The molecule has 0 saturated heterocycles. The maximum Gasteiger partial charge on any atom is 0.299 e. The van der Waals surface area contributed by atoms with E-state index in [0.29, 0.717) is 6.61 Å². The van der Waals surface area contributed by atoms with Crippen LogP contribution in [-0.2, 0) is 20.3 Å². The summed E-state index contributed by atoms with van der Waals surface area (Å²) in [5.74, 6) is -0.260. The van der Waals surface area contributed by atoms with Crippen LogP contribution in [0.4, 0.5) is 0 Å². The van der Waals surface area contributed by atoms with Crippen LogP contribution in [-0.4, -0.2) is 36.5 Å². The minimum Gasteiger partial charge on any atom is -0.412 e. The summed E-state index contributed by atoms with van der Waals surface area (Å²) >= 11 is 0. The number of rotatable bonds is 8. The molecule has 2 radical (unpaired) electrons. The largest absolute Gasteiger partial charge is 0.412 e. The lowest BCUT2D eigenvalue weighted by Crippen LogP contribution is -2.24. The quantitative estimate of drug-likeness (QED) is 0.402. The van der Waals surface area contributed by atoms with Crippen molar-refractivity contribution in [2.24, 2.45) is 0 Å². The Kier molecular flexibility index (Phi) is 6.80. The molecule has 92 valence electrons. The number of hydrogen-bond donors (Lipinski definition) is 0. The van der Waals surface area contributed by atoms with Gasteiger partial charge in [0.1, 0.15) is 0 Å². The third-order valence-electron chi connectivity index (χ3n) is 2.36. The predicted molar refractivity (Wildman–Crippen MR) is 69.7 cm³/mol. The molecule has 0 aliphatic rings. The van der Waals surface area contributed by atoms with Gasteiger partial charge in [-0.15, -0.1) is 0 Å². The van der Waals surface area contributed by atoms with Crippen molar-refractivity contribution in [2.45, 2.75) is 12.3 Å². The average molecular weight is 250 g/mol. The summed E-state index contributed by atoms with van der Waals surface area (Å²) in [6, 6.07) is 8.18. The minimum absolute atomic E-state index is 0.202. The molecule has 0 aromatic heterocycles. The zero-order chi connectivity index (χ0) is 12.5. The van der Waals surface area contributed by atoms with E-state index in [1.165, 1.54) is 5.56 Å². The van der Waals surface area contributed by atoms with Crippen LogP contribution in [0.2, 0.25) is 0 Å². The summed E-state index contributed by atoms with van der Waals surface area (Å²) in [6.07, 6.45) is 2.74. The molecule has 17 heavy (non-hydrogen) atoms. The topological polar surface area (TPSA) is 27.7 Å². The van der Waals surface area contributed by atoms with Crippen LogP contribution in [0, 0.1) is 0 Å². The summed E-state index contributed by atoms with van der Waals surface area (Å²) in [7, 11) is 3.42. The van der Waals surface area contributed by atoms with Gasteiger partial charge in [-0.3, -0.25) is 0 Å². The molecule has 0 unspecified atom stereocenters. The van der Waals surface area contributed by atoms with Crippen molar-refractivity contribution in [1.29, 1.82) is 0 Å². The summed E-state index contributed by atoms with van der Waals surface area (Å²) < 4.78 is 15.6. The second-order valence-electron chi connectivity index (χ2n) is 3.42. The SMILES string of the molecule is C=Cc1ccccc1CCO[Si]C(OC)OC. The van der Waals surface area contributed by atoms with Gasteiger partial charge in [-0.1, -0.05) is 36.9 Å². The molecular formula is C13H18O3Si. The summed E-state index contributed by atoms with van der Waals surface area (Å²) in [5.41, 5.74) is 2.41. The molecule has 0 spiro atoms. The first-order chi connectivity index (χ1) is 8.31. The van der Waals surface area contributed by atoms with Crippen molar-refractivity contribution >= 4 is 15.8 Å². The summed E-state index contributed by atoms with van der Waals surface area (Å²) in [6.45, 7) is 4.45. The predicted octanol–water partition coefficient (Wildman–Crippen LogP) is 2.08. The molecule has 1 aromatic rings. The van der Waals surface area contributed by atoms with Crippen LogP contribution in [0.5, 0.6) is 0 Å². The standard InChI is InChI=1S/C13H18O3Si/c1-4-11-7-5-6-8-12(11)9-10-16-17-13(14-2)15-3/h4-8,13H,1,9-10H2,2-3H3. The second-order valence-corrected chi connectivity index (χ2v) is 4.42. The molecule has 0 amide bonds. The Morgan fingerprint density at radius 1 is 1.29 bits per heavy atom. The molecule has 0 atom stereocenters. The van der Waals surface area contributed by atoms with E-state index < -0.39 is 0 Å². The van der Waals surface area contributed by atoms with Gasteiger partial charge < -0.3 is 13.9 Å². The Morgan fingerprint density at radius 2 is 2.00 bits per heavy atom. The fourth-order valence-corrected chi connectivity index (χ4v) is 1.99. The highest BCUT2D eigenvalue weighted by molar-refractivity contribution is 6.28. The smallest absolute Gasteiger partial charge is 0.299 e. The fraction of sp³-hybridized carbons (Fsp3) is 0.385. The Hall–Kier alpha value is -0.943. The number of benzene rings is 1. The monoisotopic (exact) mass is 250 g/mol. The van der Waals surface area contributed by atoms with Crippen molar-refractivity contribution < 1.29 is 13.9 Å². The van der Waals surface area contributed by atoms with Crippen molar-refractivity contribution in [3.05, 3.63) is 42.0 Å². The van der Waals surface area contributed by atoms with Gasteiger partial charge >= 0.3 is 0 Å². The Morgan fingerprint density at radius 3 is 2.65 bits per heavy atom. The molecule has 3 nitrogen and oxygen atoms in total. The molecule has 0 N–H and O–H groups in total. The Labute approximate surface area is 105 Å². The van der Waals surface area contributed by atoms with Gasteiger partial charge in [0.05, 0.1) is 0 Å². The van der Waals surface area contributed by atoms with Gasteiger partial charge in [0.25, 0.3) is 9.76 Å². The molecule has 0 fully saturated rings. The van der Waals surface area contributed by atoms with Crippen molar-refractivity contribution in [3.63, 3.8) is 0 Å². The molecule has 0 aliphatic heterocycles. The fourth-order valence-electron chi connectivity index (χ4n) is 1.44. The Bertz CT molecular complexity index is 337. The van der Waals surface area contributed by atoms with E-state index >= 15 is 0 Å². The molecule has 0 aliphatic carbocycles. The zero-order valence-corrected chi connectivity index (χ0v) is 11.3. The van der Waals surface area contributed by atoms with E-state index in [0.717, 1.165) is 12.0 Å². The van der Waals surface area contributed by atoms with Gasteiger partial charge in [0.15, 0.2) is 5.91 Å². The van der Waals surface area contributed by atoms with E-state index in [-0.39, 0.29) is 15.7 Å². The molecule has 1 aromatic carbocycles. The molecule has 1 rings (SSSR count). The van der Waals surface area contributed by atoms with E-state index in [9.17, 15) is 0 Å². The van der Waals surface area contributed by atoms with Gasteiger partial charge in [-0.25, -0.2) is 0 Å². The molecule has 4 heteroatoms.